The van der Waals surface area contributed by atoms with Gasteiger partial charge in [-0.3, -0.25) is 0 Å². The first kappa shape index (κ1) is 13.0. The van der Waals surface area contributed by atoms with Gasteiger partial charge in [0.1, 0.15) is 10.8 Å². The molecular formula is C9H5ClF3N3OS. The van der Waals surface area contributed by atoms with E-state index in [0.29, 0.717) is 9.92 Å². The SMILES string of the molecule is FC(F)(F)Oc1cc(Sc2cn[nH]n2)ccc1Cl. The van der Waals surface area contributed by atoms with Gasteiger partial charge in [0.15, 0.2) is 0 Å². The molecule has 0 amide bonds. The standard InChI is InChI=1S/C9H5ClF3N3OS/c10-6-2-1-5(18-8-4-14-16-15-8)3-7(6)17-9(11,12)13/h1-4H,(H,14,15,16). The van der Waals surface area contributed by atoms with Crippen LogP contribution in [0.2, 0.25) is 5.02 Å². The summed E-state index contributed by atoms with van der Waals surface area (Å²) in [7, 11) is 0. The van der Waals surface area contributed by atoms with E-state index in [1.807, 2.05) is 0 Å². The third-order valence-electron chi connectivity index (χ3n) is 1.74. The lowest BCUT2D eigenvalue weighted by atomic mass is 10.3. The zero-order valence-electron chi connectivity index (χ0n) is 8.53. The summed E-state index contributed by atoms with van der Waals surface area (Å²) in [5.74, 6) is -0.447. The maximum Gasteiger partial charge on any atom is 0.573 e. The van der Waals surface area contributed by atoms with E-state index in [2.05, 4.69) is 20.1 Å². The Bertz CT molecular complexity index is 532. The molecule has 4 nitrogen and oxygen atoms in total. The van der Waals surface area contributed by atoms with E-state index in [4.69, 9.17) is 11.6 Å². The lowest BCUT2D eigenvalue weighted by Gasteiger charge is -2.11. The number of alkyl halides is 3. The van der Waals surface area contributed by atoms with Crippen LogP contribution < -0.4 is 4.74 Å². The summed E-state index contributed by atoms with van der Waals surface area (Å²) < 4.78 is 40.1. The lowest BCUT2D eigenvalue weighted by molar-refractivity contribution is -0.274. The Morgan fingerprint density at radius 1 is 1.33 bits per heavy atom. The van der Waals surface area contributed by atoms with Gasteiger partial charge in [-0.15, -0.1) is 18.3 Å². The van der Waals surface area contributed by atoms with Crippen LogP contribution in [0.5, 0.6) is 5.75 Å². The number of H-pyrrole nitrogens is 1. The van der Waals surface area contributed by atoms with E-state index in [9.17, 15) is 13.2 Å². The van der Waals surface area contributed by atoms with Gasteiger partial charge in [-0.25, -0.2) is 0 Å². The van der Waals surface area contributed by atoms with Crippen LogP contribution in [0.4, 0.5) is 13.2 Å². The van der Waals surface area contributed by atoms with Gasteiger partial charge in [0, 0.05) is 4.90 Å². The number of aromatic nitrogens is 3. The van der Waals surface area contributed by atoms with Crippen LogP contribution in [0.25, 0.3) is 0 Å². The Hall–Kier alpha value is -1.41. The summed E-state index contributed by atoms with van der Waals surface area (Å²) in [6.45, 7) is 0. The van der Waals surface area contributed by atoms with Crippen LogP contribution in [-0.2, 0) is 0 Å². The molecule has 96 valence electrons. The summed E-state index contributed by atoms with van der Waals surface area (Å²) >= 11 is 6.75. The number of benzene rings is 1. The molecule has 0 saturated heterocycles. The van der Waals surface area contributed by atoms with Crippen molar-refractivity contribution in [1.29, 1.82) is 0 Å². The topological polar surface area (TPSA) is 50.8 Å². The average Bonchev–Trinajstić information content (AvgIpc) is 2.74. The predicted octanol–water partition coefficient (Wildman–Crippen LogP) is 3.51. The minimum Gasteiger partial charge on any atom is -0.404 e. The Kier molecular flexibility index (Phi) is 3.67. The van der Waals surface area contributed by atoms with E-state index in [0.717, 1.165) is 11.8 Å². The lowest BCUT2D eigenvalue weighted by Crippen LogP contribution is -2.17. The number of nitrogens with zero attached hydrogens (tertiary/aromatic N) is 2. The van der Waals surface area contributed by atoms with Crippen molar-refractivity contribution in [2.24, 2.45) is 0 Å². The molecule has 0 aliphatic rings. The summed E-state index contributed by atoms with van der Waals surface area (Å²) in [6.07, 6.45) is -3.33. The van der Waals surface area contributed by atoms with Crippen molar-refractivity contribution in [3.8, 4) is 5.75 Å². The molecule has 1 heterocycles. The first-order valence-electron chi connectivity index (χ1n) is 4.53. The van der Waals surface area contributed by atoms with Gasteiger partial charge in [0.2, 0.25) is 0 Å². The van der Waals surface area contributed by atoms with Crippen molar-refractivity contribution in [2.45, 2.75) is 16.3 Å². The van der Waals surface area contributed by atoms with E-state index < -0.39 is 12.1 Å². The molecule has 2 rings (SSSR count). The van der Waals surface area contributed by atoms with Gasteiger partial charge in [0.25, 0.3) is 0 Å². The molecule has 0 aliphatic carbocycles. The Morgan fingerprint density at radius 3 is 2.72 bits per heavy atom. The van der Waals surface area contributed by atoms with Crippen molar-refractivity contribution in [3.05, 3.63) is 29.4 Å². The van der Waals surface area contributed by atoms with E-state index in [-0.39, 0.29) is 5.02 Å². The van der Waals surface area contributed by atoms with Crippen LogP contribution in [-0.4, -0.2) is 21.8 Å². The molecule has 2 aromatic rings. The Morgan fingerprint density at radius 2 is 2.11 bits per heavy atom. The minimum absolute atomic E-state index is 0.114. The van der Waals surface area contributed by atoms with Crippen LogP contribution >= 0.6 is 23.4 Å². The second-order valence-corrected chi connectivity index (χ2v) is 4.55. The number of hydrogen-bond donors (Lipinski definition) is 1. The largest absolute Gasteiger partial charge is 0.573 e. The van der Waals surface area contributed by atoms with Gasteiger partial charge in [-0.2, -0.15) is 10.3 Å². The fourth-order valence-corrected chi connectivity index (χ4v) is 2.00. The molecule has 18 heavy (non-hydrogen) atoms. The Labute approximate surface area is 108 Å². The number of halogens is 4. The van der Waals surface area contributed by atoms with Crippen molar-refractivity contribution in [1.82, 2.24) is 15.4 Å². The summed E-state index contributed by atoms with van der Waals surface area (Å²) in [6, 6.07) is 4.07. The van der Waals surface area contributed by atoms with E-state index in [1.54, 1.807) is 6.07 Å². The highest BCUT2D eigenvalue weighted by atomic mass is 35.5. The summed E-state index contributed by atoms with van der Waals surface area (Å²) in [4.78, 5) is 0.507. The second-order valence-electron chi connectivity index (χ2n) is 3.05. The number of hydrogen-bond acceptors (Lipinski definition) is 4. The van der Waals surface area contributed by atoms with Gasteiger partial charge in [-0.05, 0) is 18.2 Å². The number of ether oxygens (including phenoxy) is 1. The number of nitrogens with one attached hydrogen (secondary N) is 1. The molecule has 1 N–H and O–H groups in total. The van der Waals surface area contributed by atoms with Crippen LogP contribution in [0.3, 0.4) is 0 Å². The van der Waals surface area contributed by atoms with Crippen molar-refractivity contribution in [3.63, 3.8) is 0 Å². The van der Waals surface area contributed by atoms with Crippen LogP contribution in [0.1, 0.15) is 0 Å². The zero-order chi connectivity index (χ0) is 13.2. The Balaban J connectivity index is 2.21. The number of aromatic amines is 1. The molecule has 0 aliphatic heterocycles. The molecule has 0 saturated carbocycles. The monoisotopic (exact) mass is 295 g/mol. The number of rotatable bonds is 3. The molecular weight excluding hydrogens is 291 g/mol. The van der Waals surface area contributed by atoms with Crippen molar-refractivity contribution < 1.29 is 17.9 Å². The smallest absolute Gasteiger partial charge is 0.404 e. The second kappa shape index (κ2) is 5.07. The molecule has 0 fully saturated rings. The zero-order valence-corrected chi connectivity index (χ0v) is 10.1. The van der Waals surface area contributed by atoms with Crippen molar-refractivity contribution in [2.75, 3.05) is 0 Å². The van der Waals surface area contributed by atoms with Gasteiger partial charge in [0.05, 0.1) is 11.2 Å². The first-order valence-corrected chi connectivity index (χ1v) is 5.72. The predicted molar refractivity (Wildman–Crippen MR) is 58.6 cm³/mol. The molecule has 9 heteroatoms. The quantitative estimate of drug-likeness (QED) is 0.941. The molecule has 0 bridgehead atoms. The normalized spacial score (nSPS) is 11.6. The fraction of sp³-hybridized carbons (Fsp3) is 0.111. The van der Waals surface area contributed by atoms with Crippen molar-refractivity contribution >= 4 is 23.4 Å². The highest BCUT2D eigenvalue weighted by Crippen LogP contribution is 2.35. The highest BCUT2D eigenvalue weighted by molar-refractivity contribution is 7.99. The minimum atomic E-state index is -4.78. The molecule has 1 aromatic carbocycles. The maximum absolute atomic E-state index is 12.1. The highest BCUT2D eigenvalue weighted by Gasteiger charge is 2.32. The van der Waals surface area contributed by atoms with Gasteiger partial charge < -0.3 is 4.74 Å². The molecule has 0 radical (unpaired) electrons. The van der Waals surface area contributed by atoms with Gasteiger partial charge in [-0.1, -0.05) is 23.4 Å². The average molecular weight is 296 g/mol. The van der Waals surface area contributed by atoms with E-state index in [1.165, 1.54) is 18.3 Å². The molecule has 0 spiro atoms. The molecule has 0 unspecified atom stereocenters. The first-order chi connectivity index (χ1) is 8.44. The summed E-state index contributed by atoms with van der Waals surface area (Å²) in [5.41, 5.74) is 0. The van der Waals surface area contributed by atoms with Gasteiger partial charge >= 0.3 is 6.36 Å². The third-order valence-corrected chi connectivity index (χ3v) is 2.95. The summed E-state index contributed by atoms with van der Waals surface area (Å²) in [5, 5.41) is 10.2. The van der Waals surface area contributed by atoms with Crippen LogP contribution in [0.15, 0.2) is 34.3 Å². The fourth-order valence-electron chi connectivity index (χ4n) is 1.11. The van der Waals surface area contributed by atoms with E-state index >= 15 is 0 Å². The third kappa shape index (κ3) is 3.54. The maximum atomic E-state index is 12.1. The molecule has 1 aromatic heterocycles. The molecule has 0 atom stereocenters. The van der Waals surface area contributed by atoms with Crippen LogP contribution in [0, 0.1) is 0 Å².